The summed E-state index contributed by atoms with van der Waals surface area (Å²) in [6.45, 7) is 0. The number of fused-ring (bicyclic) bond motifs is 3. The minimum atomic E-state index is -5.01. The zero-order valence-corrected chi connectivity index (χ0v) is 30.0. The summed E-state index contributed by atoms with van der Waals surface area (Å²) in [6.07, 6.45) is -10.0. The van der Waals surface area contributed by atoms with Gasteiger partial charge in [0.05, 0.1) is 27.8 Å². The molecular weight excluding hydrogens is 754 g/mol. The summed E-state index contributed by atoms with van der Waals surface area (Å²) in [5, 5.41) is 1.24. The van der Waals surface area contributed by atoms with Gasteiger partial charge < -0.3 is 4.57 Å². The Balaban J connectivity index is 1.32. The number of hydrogen-bond acceptors (Lipinski definition) is 3. The molecule has 7 aromatic carbocycles. The predicted octanol–water partition coefficient (Wildman–Crippen LogP) is 13.5. The van der Waals surface area contributed by atoms with Gasteiger partial charge in [0.1, 0.15) is 5.82 Å². The van der Waals surface area contributed by atoms with Crippen molar-refractivity contribution in [3.8, 4) is 62.1 Å². The molecule has 0 saturated carbocycles. The van der Waals surface area contributed by atoms with E-state index in [4.69, 9.17) is 15.0 Å². The SMILES string of the molecule is Fc1ccccc1-c1ccc(-c2nc(-c3ccccc3)nc(-c3ccccc3)n2)c(-n2c3ccccc3c3cc(-c4cc(C(F)(F)F)cc(C(F)(F)F)c4)ccc32)c1. The molecule has 58 heavy (non-hydrogen) atoms. The molecule has 2 heterocycles. The third kappa shape index (κ3) is 6.74. The summed E-state index contributed by atoms with van der Waals surface area (Å²) in [5.41, 5.74) is 1.84. The lowest BCUT2D eigenvalue weighted by Crippen LogP contribution is -2.11. The highest BCUT2D eigenvalue weighted by atomic mass is 19.4. The number of alkyl halides is 6. The lowest BCUT2D eigenvalue weighted by atomic mass is 9.97. The van der Waals surface area contributed by atoms with Gasteiger partial charge >= 0.3 is 12.4 Å². The van der Waals surface area contributed by atoms with E-state index in [2.05, 4.69) is 0 Å². The molecule has 0 aliphatic heterocycles. The molecule has 0 amide bonds. The van der Waals surface area contributed by atoms with Crippen molar-refractivity contribution in [3.63, 3.8) is 0 Å². The van der Waals surface area contributed by atoms with Gasteiger partial charge in [0.15, 0.2) is 17.5 Å². The summed E-state index contributed by atoms with van der Waals surface area (Å²) in [5.74, 6) is 0.707. The Labute approximate surface area is 326 Å². The summed E-state index contributed by atoms with van der Waals surface area (Å²) in [6, 6.07) is 44.3. The smallest absolute Gasteiger partial charge is 0.308 e. The highest BCUT2D eigenvalue weighted by molar-refractivity contribution is 6.11. The van der Waals surface area contributed by atoms with Gasteiger partial charge in [0.2, 0.25) is 0 Å². The van der Waals surface area contributed by atoms with Gasteiger partial charge in [0.25, 0.3) is 0 Å². The van der Waals surface area contributed by atoms with Crippen LogP contribution in [-0.2, 0) is 12.4 Å². The Bertz CT molecular complexity index is 2900. The van der Waals surface area contributed by atoms with Crippen LogP contribution in [0.2, 0.25) is 0 Å². The van der Waals surface area contributed by atoms with Crippen molar-refractivity contribution in [1.29, 1.82) is 0 Å². The molecule has 2 aromatic heterocycles. The number of aromatic nitrogens is 4. The highest BCUT2D eigenvalue weighted by Crippen LogP contribution is 2.42. The van der Waals surface area contributed by atoms with E-state index >= 15 is 4.39 Å². The van der Waals surface area contributed by atoms with E-state index in [0.717, 1.165) is 23.3 Å². The first-order valence-electron chi connectivity index (χ1n) is 18.0. The lowest BCUT2D eigenvalue weighted by Gasteiger charge is -2.17. The van der Waals surface area contributed by atoms with Gasteiger partial charge in [-0.3, -0.25) is 0 Å². The van der Waals surface area contributed by atoms with Gasteiger partial charge in [-0.05, 0) is 71.3 Å². The first kappa shape index (κ1) is 36.5. The van der Waals surface area contributed by atoms with Crippen molar-refractivity contribution in [2.75, 3.05) is 0 Å². The van der Waals surface area contributed by atoms with Crippen molar-refractivity contribution in [2.45, 2.75) is 12.4 Å². The van der Waals surface area contributed by atoms with Crippen LogP contribution in [0.5, 0.6) is 0 Å². The fourth-order valence-corrected chi connectivity index (χ4v) is 7.23. The Morgan fingerprint density at radius 1 is 0.379 bits per heavy atom. The largest absolute Gasteiger partial charge is 0.416 e. The number of hydrogen-bond donors (Lipinski definition) is 0. The predicted molar refractivity (Wildman–Crippen MR) is 211 cm³/mol. The fourth-order valence-electron chi connectivity index (χ4n) is 7.23. The molecule has 9 rings (SSSR count). The molecule has 0 unspecified atom stereocenters. The normalized spacial score (nSPS) is 12.1. The van der Waals surface area contributed by atoms with E-state index in [1.165, 1.54) is 12.1 Å². The van der Waals surface area contributed by atoms with Crippen LogP contribution in [0.4, 0.5) is 30.7 Å². The quantitative estimate of drug-likeness (QED) is 0.158. The molecule has 0 fully saturated rings. The van der Waals surface area contributed by atoms with Crippen molar-refractivity contribution < 1.29 is 30.7 Å². The average molecular weight is 781 g/mol. The zero-order chi connectivity index (χ0) is 40.2. The van der Waals surface area contributed by atoms with Crippen molar-refractivity contribution in [3.05, 3.63) is 181 Å². The molecular formula is C47H27F7N4. The van der Waals surface area contributed by atoms with E-state index in [1.54, 1.807) is 42.5 Å². The molecule has 284 valence electrons. The summed E-state index contributed by atoms with van der Waals surface area (Å²) in [7, 11) is 0. The van der Waals surface area contributed by atoms with Crippen molar-refractivity contribution in [2.24, 2.45) is 0 Å². The minimum absolute atomic E-state index is 0.117. The van der Waals surface area contributed by atoms with E-state index in [1.807, 2.05) is 95.6 Å². The second kappa shape index (κ2) is 14.1. The van der Waals surface area contributed by atoms with Crippen LogP contribution in [0.25, 0.3) is 83.9 Å². The molecule has 0 saturated heterocycles. The first-order chi connectivity index (χ1) is 27.9. The molecule has 11 heteroatoms. The van der Waals surface area contributed by atoms with E-state index in [0.29, 0.717) is 61.7 Å². The third-order valence-corrected chi connectivity index (χ3v) is 9.96. The molecule has 0 aliphatic carbocycles. The topological polar surface area (TPSA) is 43.6 Å². The van der Waals surface area contributed by atoms with Crippen LogP contribution in [0.3, 0.4) is 0 Å². The van der Waals surface area contributed by atoms with Gasteiger partial charge in [-0.2, -0.15) is 26.3 Å². The molecule has 0 radical (unpaired) electrons. The lowest BCUT2D eigenvalue weighted by molar-refractivity contribution is -0.143. The zero-order valence-electron chi connectivity index (χ0n) is 30.0. The van der Waals surface area contributed by atoms with Crippen LogP contribution >= 0.6 is 0 Å². The Kier molecular flexibility index (Phi) is 8.88. The maximum atomic E-state index is 15.4. The third-order valence-electron chi connectivity index (χ3n) is 9.96. The molecule has 0 aliphatic rings. The summed E-state index contributed by atoms with van der Waals surface area (Å²) < 4.78 is 101. The second-order valence-corrected chi connectivity index (χ2v) is 13.6. The van der Waals surface area contributed by atoms with Crippen molar-refractivity contribution >= 4 is 21.8 Å². The van der Waals surface area contributed by atoms with E-state index < -0.39 is 29.3 Å². The van der Waals surface area contributed by atoms with Crippen LogP contribution in [0, 0.1) is 5.82 Å². The highest BCUT2D eigenvalue weighted by Gasteiger charge is 2.37. The molecule has 4 nitrogen and oxygen atoms in total. The maximum Gasteiger partial charge on any atom is 0.416 e. The van der Waals surface area contributed by atoms with Crippen molar-refractivity contribution in [1.82, 2.24) is 19.5 Å². The Hall–Kier alpha value is -7.14. The Morgan fingerprint density at radius 2 is 0.914 bits per heavy atom. The summed E-state index contributed by atoms with van der Waals surface area (Å²) in [4.78, 5) is 14.8. The van der Waals surface area contributed by atoms with Gasteiger partial charge in [-0.15, -0.1) is 0 Å². The fraction of sp³-hybridized carbons (Fsp3) is 0.0426. The number of rotatable bonds is 6. The van der Waals surface area contributed by atoms with E-state index in [9.17, 15) is 26.3 Å². The number of halogens is 7. The van der Waals surface area contributed by atoms with Crippen LogP contribution in [0.15, 0.2) is 164 Å². The van der Waals surface area contributed by atoms with Crippen LogP contribution in [-0.4, -0.2) is 19.5 Å². The van der Waals surface area contributed by atoms with Crippen LogP contribution in [0.1, 0.15) is 11.1 Å². The van der Waals surface area contributed by atoms with Gasteiger partial charge in [0, 0.05) is 33.0 Å². The van der Waals surface area contributed by atoms with Crippen LogP contribution < -0.4 is 0 Å². The molecule has 9 aromatic rings. The van der Waals surface area contributed by atoms with E-state index in [-0.39, 0.29) is 17.2 Å². The Morgan fingerprint density at radius 3 is 1.53 bits per heavy atom. The number of nitrogens with zero attached hydrogens (tertiary/aromatic N) is 4. The average Bonchev–Trinajstić information content (AvgIpc) is 3.57. The standard InChI is InChI=1S/C47H27F7N4/c48-39-17-9-7-15-35(39)31-19-21-37(45-56-43(28-11-3-1-4-12-28)55-44(57-45)29-13-5-2-6-14-29)42(26-31)58-40-18-10-8-16-36(40)38-25-30(20-22-41(38)58)32-23-33(46(49,50)51)27-34(24-32)47(52,53)54/h1-27H. The first-order valence-corrected chi connectivity index (χ1v) is 18.0. The molecule has 0 atom stereocenters. The number of benzene rings is 7. The monoisotopic (exact) mass is 780 g/mol. The van der Waals surface area contributed by atoms with Gasteiger partial charge in [-0.1, -0.05) is 109 Å². The molecule has 0 bridgehead atoms. The summed E-state index contributed by atoms with van der Waals surface area (Å²) >= 11 is 0. The number of para-hydroxylation sites is 1. The molecule has 0 spiro atoms. The maximum absolute atomic E-state index is 15.4. The van der Waals surface area contributed by atoms with Gasteiger partial charge in [-0.25, -0.2) is 19.3 Å². The second-order valence-electron chi connectivity index (χ2n) is 13.6. The minimum Gasteiger partial charge on any atom is -0.308 e. The molecule has 0 N–H and O–H groups in total.